The van der Waals surface area contributed by atoms with Crippen LogP contribution in [0.3, 0.4) is 0 Å². The summed E-state index contributed by atoms with van der Waals surface area (Å²) in [4.78, 5) is 4.21. The maximum absolute atomic E-state index is 12.7. The van der Waals surface area contributed by atoms with Crippen LogP contribution in [0.4, 0.5) is 18.9 Å². The van der Waals surface area contributed by atoms with Crippen molar-refractivity contribution in [3.05, 3.63) is 70.9 Å². The summed E-state index contributed by atoms with van der Waals surface area (Å²) >= 11 is 5.93. The van der Waals surface area contributed by atoms with Crippen LogP contribution in [-0.4, -0.2) is 11.2 Å². The number of aromatic nitrogens is 1. The smallest absolute Gasteiger partial charge is 0.278 e. The van der Waals surface area contributed by atoms with Crippen LogP contribution in [0.15, 0.2) is 59.8 Å². The average molecular weight is 350 g/mol. The average Bonchev–Trinajstić information content (AvgIpc) is 2.54. The summed E-state index contributed by atoms with van der Waals surface area (Å²) in [5.74, 6) is 0. The summed E-state index contributed by atoms with van der Waals surface area (Å²) in [6.07, 6.45) is -1.45. The summed E-state index contributed by atoms with van der Waals surface area (Å²) in [6, 6.07) is 11.9. The lowest BCUT2D eigenvalue weighted by molar-refractivity contribution is -0.137. The van der Waals surface area contributed by atoms with E-state index >= 15 is 0 Å². The van der Waals surface area contributed by atoms with E-state index in [1.54, 1.807) is 36.5 Å². The first-order chi connectivity index (χ1) is 11.4. The molecule has 0 radical (unpaired) electrons. The summed E-state index contributed by atoms with van der Waals surface area (Å²) < 4.78 is 38.1. The lowest BCUT2D eigenvalue weighted by Crippen LogP contribution is -2.05. The van der Waals surface area contributed by atoms with Gasteiger partial charge in [-0.05, 0) is 42.0 Å². The second-order valence-electron chi connectivity index (χ2n) is 5.01. The normalized spacial score (nSPS) is 12.0. The molecule has 0 aliphatic carbocycles. The minimum absolute atomic E-state index is 0.346. The molecule has 24 heavy (non-hydrogen) atoms. The molecule has 1 N–H and O–H groups in total. The van der Waals surface area contributed by atoms with E-state index in [-0.39, 0.29) is 0 Å². The van der Waals surface area contributed by atoms with Gasteiger partial charge in [0.05, 0.1) is 23.0 Å². The van der Waals surface area contributed by atoms with Crippen LogP contribution in [0.2, 0.25) is 5.02 Å². The van der Waals surface area contributed by atoms with Crippen molar-refractivity contribution in [3.63, 3.8) is 0 Å². The second-order valence-corrected chi connectivity index (χ2v) is 5.45. The molecule has 122 valence electrons. The highest BCUT2D eigenvalue weighted by atomic mass is 35.5. The van der Waals surface area contributed by atoms with E-state index in [1.807, 2.05) is 0 Å². The van der Waals surface area contributed by atoms with Crippen LogP contribution >= 0.6 is 11.6 Å². The lowest BCUT2D eigenvalue weighted by atomic mass is 10.1. The van der Waals surface area contributed by atoms with Gasteiger partial charge in [-0.3, -0.25) is 10.4 Å². The molecule has 0 fully saturated rings. The topological polar surface area (TPSA) is 37.3 Å². The standard InChI is InChI=1S/C17H11ClF3N3/c18-13-4-5-14-15(6-7-22-16(14)9-13)24-23-10-11-2-1-3-12(8-11)17(19,20)21/h1-10H,(H,22,24)/b23-10+. The number of alkyl halides is 3. The van der Waals surface area contributed by atoms with Crippen molar-refractivity contribution in [2.24, 2.45) is 5.10 Å². The van der Waals surface area contributed by atoms with E-state index in [0.29, 0.717) is 21.8 Å². The van der Waals surface area contributed by atoms with Gasteiger partial charge in [0.25, 0.3) is 0 Å². The van der Waals surface area contributed by atoms with Crippen molar-refractivity contribution in [3.8, 4) is 0 Å². The van der Waals surface area contributed by atoms with E-state index in [0.717, 1.165) is 17.5 Å². The van der Waals surface area contributed by atoms with Crippen molar-refractivity contribution in [2.45, 2.75) is 6.18 Å². The molecule has 0 amide bonds. The number of pyridine rings is 1. The second kappa shape index (κ2) is 6.49. The van der Waals surface area contributed by atoms with Crippen molar-refractivity contribution in [1.29, 1.82) is 0 Å². The monoisotopic (exact) mass is 349 g/mol. The highest BCUT2D eigenvalue weighted by molar-refractivity contribution is 6.31. The molecular formula is C17H11ClF3N3. The Morgan fingerprint density at radius 1 is 1.08 bits per heavy atom. The van der Waals surface area contributed by atoms with E-state index < -0.39 is 11.7 Å². The first kappa shape index (κ1) is 16.3. The molecule has 0 aliphatic rings. The van der Waals surface area contributed by atoms with Crippen molar-refractivity contribution in [1.82, 2.24) is 4.98 Å². The van der Waals surface area contributed by atoms with Gasteiger partial charge in [0.1, 0.15) is 0 Å². The molecule has 0 bridgehead atoms. The first-order valence-corrected chi connectivity index (χ1v) is 7.32. The molecule has 3 nitrogen and oxygen atoms in total. The van der Waals surface area contributed by atoms with E-state index in [9.17, 15) is 13.2 Å². The van der Waals surface area contributed by atoms with Crippen molar-refractivity contribution >= 4 is 34.4 Å². The Bertz CT molecular complexity index is 907. The van der Waals surface area contributed by atoms with Crippen LogP contribution in [0.1, 0.15) is 11.1 Å². The third-order valence-electron chi connectivity index (χ3n) is 3.32. The van der Waals surface area contributed by atoms with Gasteiger partial charge in [0, 0.05) is 16.6 Å². The quantitative estimate of drug-likeness (QED) is 0.511. The minimum Gasteiger partial charge on any atom is -0.278 e. The predicted octanol–water partition coefficient (Wildman–Crippen LogP) is 5.35. The molecule has 3 rings (SSSR count). The fourth-order valence-electron chi connectivity index (χ4n) is 2.19. The Balaban J connectivity index is 1.82. The highest BCUT2D eigenvalue weighted by Gasteiger charge is 2.30. The number of hydrazone groups is 1. The maximum atomic E-state index is 12.7. The summed E-state index contributed by atoms with van der Waals surface area (Å²) in [5.41, 5.74) is 3.83. The Labute approximate surface area is 140 Å². The summed E-state index contributed by atoms with van der Waals surface area (Å²) in [6.45, 7) is 0. The molecule has 0 atom stereocenters. The summed E-state index contributed by atoms with van der Waals surface area (Å²) in [5, 5.41) is 5.38. The third-order valence-corrected chi connectivity index (χ3v) is 3.55. The van der Waals surface area contributed by atoms with Gasteiger partial charge < -0.3 is 0 Å². The molecule has 0 spiro atoms. The Morgan fingerprint density at radius 2 is 1.92 bits per heavy atom. The van der Waals surface area contributed by atoms with E-state index in [4.69, 9.17) is 11.6 Å². The Kier molecular flexibility index (Phi) is 4.40. The maximum Gasteiger partial charge on any atom is 0.416 e. The van der Waals surface area contributed by atoms with Gasteiger partial charge in [-0.2, -0.15) is 18.3 Å². The van der Waals surface area contributed by atoms with Crippen molar-refractivity contribution in [2.75, 3.05) is 5.43 Å². The number of hydrogen-bond acceptors (Lipinski definition) is 3. The molecule has 1 aromatic heterocycles. The molecule has 0 saturated carbocycles. The number of anilines is 1. The molecular weight excluding hydrogens is 339 g/mol. The molecule has 0 saturated heterocycles. The highest BCUT2D eigenvalue weighted by Crippen LogP contribution is 2.29. The van der Waals surface area contributed by atoms with Crippen LogP contribution < -0.4 is 5.43 Å². The van der Waals surface area contributed by atoms with Crippen LogP contribution in [0.5, 0.6) is 0 Å². The van der Waals surface area contributed by atoms with Crippen LogP contribution in [0, 0.1) is 0 Å². The first-order valence-electron chi connectivity index (χ1n) is 6.94. The lowest BCUT2D eigenvalue weighted by Gasteiger charge is -2.07. The zero-order valence-electron chi connectivity index (χ0n) is 12.2. The van der Waals surface area contributed by atoms with E-state index in [2.05, 4.69) is 15.5 Å². The van der Waals surface area contributed by atoms with Gasteiger partial charge in [-0.1, -0.05) is 23.7 Å². The van der Waals surface area contributed by atoms with Crippen LogP contribution in [0.25, 0.3) is 10.9 Å². The van der Waals surface area contributed by atoms with Gasteiger partial charge >= 0.3 is 6.18 Å². The fraction of sp³-hybridized carbons (Fsp3) is 0.0588. The van der Waals surface area contributed by atoms with Crippen molar-refractivity contribution < 1.29 is 13.2 Å². The summed E-state index contributed by atoms with van der Waals surface area (Å²) in [7, 11) is 0. The number of benzene rings is 2. The molecule has 0 unspecified atom stereocenters. The molecule has 0 aliphatic heterocycles. The number of halogens is 4. The Hall–Kier alpha value is -2.60. The largest absolute Gasteiger partial charge is 0.416 e. The number of rotatable bonds is 3. The van der Waals surface area contributed by atoms with Crippen LogP contribution in [-0.2, 0) is 6.18 Å². The molecule has 7 heteroatoms. The van der Waals surface area contributed by atoms with Gasteiger partial charge in [-0.15, -0.1) is 0 Å². The fourth-order valence-corrected chi connectivity index (χ4v) is 2.36. The number of nitrogens with zero attached hydrogens (tertiary/aromatic N) is 2. The number of hydrogen-bond donors (Lipinski definition) is 1. The Morgan fingerprint density at radius 3 is 2.71 bits per heavy atom. The predicted molar refractivity (Wildman–Crippen MR) is 89.4 cm³/mol. The zero-order chi connectivity index (χ0) is 17.2. The van der Waals surface area contributed by atoms with Gasteiger partial charge in [0.15, 0.2) is 0 Å². The SMILES string of the molecule is FC(F)(F)c1cccc(/C=N/Nc2ccnc3cc(Cl)ccc23)c1. The van der Waals surface area contributed by atoms with Gasteiger partial charge in [0.2, 0.25) is 0 Å². The van der Waals surface area contributed by atoms with Gasteiger partial charge in [-0.25, -0.2) is 0 Å². The minimum atomic E-state index is -4.38. The number of nitrogens with one attached hydrogen (secondary N) is 1. The number of fused-ring (bicyclic) bond motifs is 1. The van der Waals surface area contributed by atoms with E-state index in [1.165, 1.54) is 12.3 Å². The molecule has 3 aromatic rings. The zero-order valence-corrected chi connectivity index (χ0v) is 12.9. The molecule has 1 heterocycles. The molecule has 2 aromatic carbocycles. The third kappa shape index (κ3) is 3.65.